The minimum absolute atomic E-state index is 0.0775. The van der Waals surface area contributed by atoms with E-state index in [1.54, 1.807) is 19.1 Å². The Labute approximate surface area is 185 Å². The van der Waals surface area contributed by atoms with Crippen LogP contribution in [0.1, 0.15) is 27.5 Å². The van der Waals surface area contributed by atoms with E-state index in [2.05, 4.69) is 0 Å². The molecule has 170 valence electrons. The second-order valence-corrected chi connectivity index (χ2v) is 9.10. The summed E-state index contributed by atoms with van der Waals surface area (Å²) in [5, 5.41) is 0. The van der Waals surface area contributed by atoms with Crippen molar-refractivity contribution in [3.05, 3.63) is 59.2 Å². The first-order chi connectivity index (χ1) is 15.1. The average molecular weight is 461 g/mol. The van der Waals surface area contributed by atoms with Crippen LogP contribution in [-0.4, -0.2) is 58.3 Å². The number of sulfonamides is 1. The van der Waals surface area contributed by atoms with E-state index in [1.807, 2.05) is 0 Å². The molecule has 3 rings (SSSR count). The molecule has 0 amide bonds. The molecule has 0 bridgehead atoms. The molecule has 0 fully saturated rings. The lowest BCUT2D eigenvalue weighted by Gasteiger charge is -2.38. The van der Waals surface area contributed by atoms with Crippen molar-refractivity contribution >= 4 is 27.7 Å². The van der Waals surface area contributed by atoms with Crippen LogP contribution in [0.25, 0.3) is 0 Å². The van der Waals surface area contributed by atoms with Gasteiger partial charge in [-0.15, -0.1) is 0 Å². The van der Waals surface area contributed by atoms with Gasteiger partial charge in [-0.1, -0.05) is 23.8 Å². The molecule has 0 aliphatic carbocycles. The van der Waals surface area contributed by atoms with E-state index < -0.39 is 46.2 Å². The van der Waals surface area contributed by atoms with E-state index in [1.165, 1.54) is 37.4 Å². The average Bonchev–Trinajstić information content (AvgIpc) is 2.79. The molecule has 0 saturated carbocycles. The highest BCUT2D eigenvalue weighted by Crippen LogP contribution is 2.41. The predicted molar refractivity (Wildman–Crippen MR) is 113 cm³/mol. The van der Waals surface area contributed by atoms with Gasteiger partial charge in [0.05, 0.1) is 38.8 Å². The minimum atomic E-state index is -4.28. The molecule has 1 unspecified atom stereocenters. The summed E-state index contributed by atoms with van der Waals surface area (Å²) in [6, 6.07) is 9.11. The van der Waals surface area contributed by atoms with E-state index in [0.29, 0.717) is 5.75 Å². The zero-order valence-electron chi connectivity index (χ0n) is 18.0. The van der Waals surface area contributed by atoms with Crippen molar-refractivity contribution in [1.82, 2.24) is 4.31 Å². The Morgan fingerprint density at radius 1 is 1.00 bits per heavy atom. The molecule has 2 aromatic rings. The first kappa shape index (κ1) is 23.4. The maximum atomic E-state index is 13.6. The molecule has 1 aliphatic heterocycles. The van der Waals surface area contributed by atoms with Crippen molar-refractivity contribution in [3.8, 4) is 5.75 Å². The molecule has 10 heteroatoms. The number of hydrogen-bond donors (Lipinski definition) is 0. The zero-order valence-corrected chi connectivity index (χ0v) is 18.8. The van der Waals surface area contributed by atoms with Crippen molar-refractivity contribution in [1.29, 1.82) is 0 Å². The summed E-state index contributed by atoms with van der Waals surface area (Å²) in [5.74, 6) is -3.74. The maximum absolute atomic E-state index is 13.6. The Bertz CT molecular complexity index is 1140. The number of ether oxygens (including phenoxy) is 3. The van der Waals surface area contributed by atoms with Crippen molar-refractivity contribution in [2.24, 2.45) is 5.92 Å². The third kappa shape index (κ3) is 4.11. The van der Waals surface area contributed by atoms with Gasteiger partial charge < -0.3 is 14.2 Å². The van der Waals surface area contributed by atoms with Gasteiger partial charge in [0.1, 0.15) is 5.75 Å². The standard InChI is InChI=1S/C22H23NO8S/c1-13-5-8-15(9-6-13)32(27,28)23-12-18(24)17-11-14(29-2)7-10-16(17)20(23)19(21(25)30-3)22(26)31-4/h5-11,19-20H,12H2,1-4H3. The molecule has 1 atom stereocenters. The fourth-order valence-corrected chi connectivity index (χ4v) is 5.25. The van der Waals surface area contributed by atoms with Crippen LogP contribution in [0.5, 0.6) is 5.75 Å². The van der Waals surface area contributed by atoms with E-state index in [-0.39, 0.29) is 16.0 Å². The number of nitrogens with zero attached hydrogens (tertiary/aromatic N) is 1. The number of rotatable bonds is 6. The highest BCUT2D eigenvalue weighted by Gasteiger charge is 2.49. The number of ketones is 1. The quantitative estimate of drug-likeness (QED) is 0.473. The van der Waals surface area contributed by atoms with Crippen LogP contribution >= 0.6 is 0 Å². The molecule has 32 heavy (non-hydrogen) atoms. The largest absolute Gasteiger partial charge is 0.497 e. The molecule has 0 saturated heterocycles. The molecule has 2 aromatic carbocycles. The summed E-state index contributed by atoms with van der Waals surface area (Å²) in [6.45, 7) is 1.23. The Kier molecular flexibility index (Phi) is 6.65. The summed E-state index contributed by atoms with van der Waals surface area (Å²) in [6.07, 6.45) is 0. The van der Waals surface area contributed by atoms with Crippen LogP contribution in [0.4, 0.5) is 0 Å². The van der Waals surface area contributed by atoms with Crippen LogP contribution in [-0.2, 0) is 29.1 Å². The number of methoxy groups -OCH3 is 3. The highest BCUT2D eigenvalue weighted by atomic mass is 32.2. The van der Waals surface area contributed by atoms with Crippen molar-refractivity contribution in [3.63, 3.8) is 0 Å². The number of carbonyl (C=O) groups is 3. The number of carbonyl (C=O) groups excluding carboxylic acids is 3. The molecule has 0 aromatic heterocycles. The minimum Gasteiger partial charge on any atom is -0.497 e. The Balaban J connectivity index is 2.27. The zero-order chi connectivity index (χ0) is 23.6. The first-order valence-electron chi connectivity index (χ1n) is 9.61. The van der Waals surface area contributed by atoms with Gasteiger partial charge in [-0.25, -0.2) is 8.42 Å². The SMILES string of the molecule is COC(=O)C(C(=O)OC)C1c2ccc(OC)cc2C(=O)CN1S(=O)(=O)c1ccc(C)cc1. The summed E-state index contributed by atoms with van der Waals surface area (Å²) >= 11 is 0. The number of aryl methyl sites for hydroxylation is 1. The van der Waals surface area contributed by atoms with Crippen molar-refractivity contribution in [2.45, 2.75) is 17.9 Å². The van der Waals surface area contributed by atoms with E-state index >= 15 is 0 Å². The Hall–Kier alpha value is -3.24. The normalized spacial score (nSPS) is 16.4. The molecule has 0 spiro atoms. The van der Waals surface area contributed by atoms with Crippen LogP contribution in [0.3, 0.4) is 0 Å². The number of Topliss-reactive ketones (excluding diaryl/α,β-unsaturated/α-hetero) is 1. The smallest absolute Gasteiger partial charge is 0.322 e. The van der Waals surface area contributed by atoms with Gasteiger partial charge in [0.15, 0.2) is 11.7 Å². The summed E-state index contributed by atoms with van der Waals surface area (Å²) in [4.78, 5) is 38.1. The van der Waals surface area contributed by atoms with Crippen LogP contribution in [0.2, 0.25) is 0 Å². The van der Waals surface area contributed by atoms with Gasteiger partial charge in [-0.05, 0) is 36.8 Å². The van der Waals surface area contributed by atoms with E-state index in [9.17, 15) is 22.8 Å². The fourth-order valence-electron chi connectivity index (χ4n) is 3.68. The van der Waals surface area contributed by atoms with Gasteiger partial charge in [0.25, 0.3) is 0 Å². The van der Waals surface area contributed by atoms with E-state index in [4.69, 9.17) is 14.2 Å². The van der Waals surface area contributed by atoms with Gasteiger partial charge in [0, 0.05) is 5.56 Å². The fraction of sp³-hybridized carbons (Fsp3) is 0.318. The third-order valence-corrected chi connectivity index (χ3v) is 7.18. The lowest BCUT2D eigenvalue weighted by Crippen LogP contribution is -2.49. The summed E-state index contributed by atoms with van der Waals surface area (Å²) in [7, 11) is -0.692. The van der Waals surface area contributed by atoms with Gasteiger partial charge >= 0.3 is 11.9 Å². The van der Waals surface area contributed by atoms with Crippen LogP contribution < -0.4 is 4.74 Å². The molecule has 1 heterocycles. The molecular weight excluding hydrogens is 438 g/mol. The first-order valence-corrected chi connectivity index (χ1v) is 11.0. The molecule has 1 aliphatic rings. The molecule has 0 N–H and O–H groups in total. The predicted octanol–water partition coefficient (Wildman–Crippen LogP) is 1.89. The van der Waals surface area contributed by atoms with Crippen molar-refractivity contribution in [2.75, 3.05) is 27.9 Å². The summed E-state index contributed by atoms with van der Waals surface area (Å²) in [5.41, 5.74) is 1.18. The Morgan fingerprint density at radius 2 is 1.59 bits per heavy atom. The lowest BCUT2D eigenvalue weighted by atomic mass is 9.85. The second kappa shape index (κ2) is 9.09. The van der Waals surface area contributed by atoms with Gasteiger partial charge in [-0.2, -0.15) is 4.31 Å². The number of hydrogen-bond acceptors (Lipinski definition) is 8. The Morgan fingerprint density at radius 3 is 2.12 bits per heavy atom. The second-order valence-electron chi connectivity index (χ2n) is 7.21. The number of esters is 2. The maximum Gasteiger partial charge on any atom is 0.322 e. The van der Waals surface area contributed by atoms with Gasteiger partial charge in [-0.3, -0.25) is 14.4 Å². The monoisotopic (exact) mass is 461 g/mol. The van der Waals surface area contributed by atoms with E-state index in [0.717, 1.165) is 24.1 Å². The molecule has 9 nitrogen and oxygen atoms in total. The molecular formula is C22H23NO8S. The van der Waals surface area contributed by atoms with Crippen LogP contribution in [0, 0.1) is 12.8 Å². The highest BCUT2D eigenvalue weighted by molar-refractivity contribution is 7.89. The van der Waals surface area contributed by atoms with Crippen LogP contribution in [0.15, 0.2) is 47.4 Å². The molecule has 0 radical (unpaired) electrons. The van der Waals surface area contributed by atoms with Gasteiger partial charge in [0.2, 0.25) is 10.0 Å². The van der Waals surface area contributed by atoms with Crippen molar-refractivity contribution < 1.29 is 37.0 Å². The summed E-state index contributed by atoms with van der Waals surface area (Å²) < 4.78 is 42.7. The topological polar surface area (TPSA) is 116 Å². The number of fused-ring (bicyclic) bond motifs is 1. The number of benzene rings is 2. The third-order valence-electron chi connectivity index (χ3n) is 5.34. The lowest BCUT2D eigenvalue weighted by molar-refractivity contribution is -0.161.